The van der Waals surface area contributed by atoms with Gasteiger partial charge >= 0.3 is 0 Å². The summed E-state index contributed by atoms with van der Waals surface area (Å²) in [6.45, 7) is 5.31. The Morgan fingerprint density at radius 3 is 2.19 bits per heavy atom. The minimum atomic E-state index is -0.478. The number of likely N-dealkylation sites (N-methyl/N-ethyl adjacent to an activating group) is 1. The highest BCUT2D eigenvalue weighted by Gasteiger charge is 2.28. The van der Waals surface area contributed by atoms with Crippen molar-refractivity contribution in [2.45, 2.75) is 20.8 Å². The molecule has 0 saturated carbocycles. The monoisotopic (exact) mass is 224 g/mol. The van der Waals surface area contributed by atoms with Gasteiger partial charge in [-0.15, -0.1) is 0 Å². The van der Waals surface area contributed by atoms with E-state index in [9.17, 15) is 14.4 Å². The fourth-order valence-electron chi connectivity index (χ4n) is 1.21. The summed E-state index contributed by atoms with van der Waals surface area (Å²) in [5, 5.41) is 0. The molecule has 1 aliphatic rings. The van der Waals surface area contributed by atoms with Crippen LogP contribution in [0.1, 0.15) is 20.8 Å². The Bertz CT molecular complexity index is 379. The van der Waals surface area contributed by atoms with Crippen molar-refractivity contribution in [1.82, 2.24) is 9.80 Å². The third-order valence-corrected chi connectivity index (χ3v) is 1.98. The van der Waals surface area contributed by atoms with Crippen LogP contribution in [0.25, 0.3) is 0 Å². The maximum atomic E-state index is 11.5. The molecule has 1 aliphatic heterocycles. The van der Waals surface area contributed by atoms with Gasteiger partial charge in [-0.05, 0) is 6.92 Å². The van der Waals surface area contributed by atoms with Gasteiger partial charge in [-0.1, -0.05) is 13.8 Å². The molecular formula is C11H16N2O3. The summed E-state index contributed by atoms with van der Waals surface area (Å²) in [7, 11) is 3.00. The summed E-state index contributed by atoms with van der Waals surface area (Å²) in [6, 6.07) is 0. The Balaban J connectivity index is 0.00000106. The van der Waals surface area contributed by atoms with Gasteiger partial charge in [-0.3, -0.25) is 14.5 Å². The van der Waals surface area contributed by atoms with Crippen LogP contribution >= 0.6 is 0 Å². The number of nitrogens with zero attached hydrogens (tertiary/aromatic N) is 2. The van der Waals surface area contributed by atoms with E-state index >= 15 is 0 Å². The molecule has 0 radical (unpaired) electrons. The lowest BCUT2D eigenvalue weighted by Crippen LogP contribution is -2.40. The SMILES string of the molecule is CC.CC(=O)C1=CN(C)C(=C=O)N(C)C1=O. The third-order valence-electron chi connectivity index (χ3n) is 1.98. The second-order valence-corrected chi connectivity index (χ2v) is 3.00. The van der Waals surface area contributed by atoms with Crippen LogP contribution in [0.2, 0.25) is 0 Å². The molecule has 0 aromatic rings. The highest BCUT2D eigenvalue weighted by atomic mass is 16.2. The van der Waals surface area contributed by atoms with Gasteiger partial charge in [-0.25, -0.2) is 4.79 Å². The first-order valence-electron chi connectivity index (χ1n) is 4.97. The molecule has 0 saturated heterocycles. The fourth-order valence-corrected chi connectivity index (χ4v) is 1.21. The zero-order chi connectivity index (χ0) is 12.9. The molecule has 0 bridgehead atoms. The summed E-state index contributed by atoms with van der Waals surface area (Å²) in [5.74, 6) is 0.934. The first-order chi connectivity index (χ1) is 7.49. The molecule has 88 valence electrons. The minimum absolute atomic E-state index is 0.0639. The maximum Gasteiger partial charge on any atom is 0.264 e. The molecule has 0 spiro atoms. The van der Waals surface area contributed by atoms with Crippen LogP contribution in [0.4, 0.5) is 0 Å². The van der Waals surface area contributed by atoms with E-state index in [4.69, 9.17) is 0 Å². The average Bonchev–Trinajstić information content (AvgIpc) is 2.26. The lowest BCUT2D eigenvalue weighted by atomic mass is 10.1. The molecule has 0 aromatic heterocycles. The summed E-state index contributed by atoms with van der Waals surface area (Å²) < 4.78 is 0. The van der Waals surface area contributed by atoms with Crippen LogP contribution in [0.3, 0.4) is 0 Å². The van der Waals surface area contributed by atoms with Crippen molar-refractivity contribution >= 4 is 17.6 Å². The topological polar surface area (TPSA) is 57.7 Å². The average molecular weight is 224 g/mol. The van der Waals surface area contributed by atoms with Crippen LogP contribution in [-0.2, 0) is 14.4 Å². The van der Waals surface area contributed by atoms with E-state index in [1.54, 1.807) is 13.0 Å². The molecule has 5 nitrogen and oxygen atoms in total. The summed E-state index contributed by atoms with van der Waals surface area (Å²) >= 11 is 0. The van der Waals surface area contributed by atoms with Crippen molar-refractivity contribution in [3.05, 3.63) is 17.6 Å². The third kappa shape index (κ3) is 2.58. The Morgan fingerprint density at radius 2 is 1.81 bits per heavy atom. The van der Waals surface area contributed by atoms with Crippen molar-refractivity contribution in [2.75, 3.05) is 14.1 Å². The molecular weight excluding hydrogens is 208 g/mol. The number of ketones is 1. The van der Waals surface area contributed by atoms with Crippen LogP contribution in [-0.4, -0.2) is 41.5 Å². The number of rotatable bonds is 1. The summed E-state index contributed by atoms with van der Waals surface area (Å²) in [5.41, 5.74) is 0.0639. The van der Waals surface area contributed by atoms with Crippen molar-refractivity contribution < 1.29 is 14.4 Å². The van der Waals surface area contributed by atoms with Gasteiger partial charge in [0, 0.05) is 20.3 Å². The molecule has 1 rings (SSSR count). The summed E-state index contributed by atoms with van der Waals surface area (Å²) in [4.78, 5) is 35.5. The van der Waals surface area contributed by atoms with E-state index in [1.165, 1.54) is 25.1 Å². The van der Waals surface area contributed by atoms with Gasteiger partial charge in [0.15, 0.2) is 11.7 Å². The van der Waals surface area contributed by atoms with Crippen LogP contribution in [0.5, 0.6) is 0 Å². The van der Waals surface area contributed by atoms with Crippen molar-refractivity contribution in [3.8, 4) is 0 Å². The highest BCUT2D eigenvalue weighted by molar-refractivity contribution is 6.19. The van der Waals surface area contributed by atoms with Gasteiger partial charge < -0.3 is 4.90 Å². The zero-order valence-corrected chi connectivity index (χ0v) is 10.2. The van der Waals surface area contributed by atoms with Gasteiger partial charge in [0.2, 0.25) is 5.82 Å². The minimum Gasteiger partial charge on any atom is -0.327 e. The first-order valence-corrected chi connectivity index (χ1v) is 4.97. The van der Waals surface area contributed by atoms with E-state index in [1.807, 2.05) is 13.8 Å². The van der Waals surface area contributed by atoms with E-state index < -0.39 is 5.91 Å². The number of hydrogen-bond acceptors (Lipinski definition) is 4. The van der Waals surface area contributed by atoms with Crippen molar-refractivity contribution in [3.63, 3.8) is 0 Å². The van der Waals surface area contributed by atoms with Crippen molar-refractivity contribution in [1.29, 1.82) is 0 Å². The van der Waals surface area contributed by atoms with Gasteiger partial charge in [-0.2, -0.15) is 0 Å². The second-order valence-electron chi connectivity index (χ2n) is 3.00. The standard InChI is InChI=1S/C9H10N2O3.C2H6/c1-6(13)7-4-10(2)8(5-12)11(3)9(7)14;1-2/h4H,1-3H3;1-2H3. The quantitative estimate of drug-likeness (QED) is 0.482. The Labute approximate surface area is 95.0 Å². The predicted octanol–water partition coefficient (Wildman–Crippen LogP) is 0.562. The number of hydrogen-bond donors (Lipinski definition) is 0. The van der Waals surface area contributed by atoms with E-state index in [0.717, 1.165) is 4.90 Å². The van der Waals surface area contributed by atoms with E-state index in [0.29, 0.717) is 0 Å². The van der Waals surface area contributed by atoms with Crippen molar-refractivity contribution in [2.24, 2.45) is 0 Å². The van der Waals surface area contributed by atoms with Gasteiger partial charge in [0.25, 0.3) is 5.91 Å². The largest absolute Gasteiger partial charge is 0.327 e. The van der Waals surface area contributed by atoms with Gasteiger partial charge in [0.1, 0.15) is 0 Å². The van der Waals surface area contributed by atoms with Gasteiger partial charge in [0.05, 0.1) is 5.57 Å². The Hall–Kier alpha value is -1.87. The lowest BCUT2D eigenvalue weighted by molar-refractivity contribution is -0.128. The smallest absolute Gasteiger partial charge is 0.264 e. The molecule has 0 atom stereocenters. The summed E-state index contributed by atoms with van der Waals surface area (Å²) in [6.07, 6.45) is 1.34. The molecule has 0 N–H and O–H groups in total. The molecule has 1 amide bonds. The molecule has 16 heavy (non-hydrogen) atoms. The van der Waals surface area contributed by atoms with Crippen LogP contribution in [0, 0.1) is 0 Å². The number of amides is 1. The predicted molar refractivity (Wildman–Crippen MR) is 59.9 cm³/mol. The molecule has 0 aromatic carbocycles. The first kappa shape index (κ1) is 14.1. The fraction of sp³-hybridized carbons (Fsp3) is 0.455. The Kier molecular flexibility index (Phi) is 5.19. The second kappa shape index (κ2) is 5.88. The molecule has 0 aliphatic carbocycles. The lowest BCUT2D eigenvalue weighted by Gasteiger charge is -2.29. The maximum absolute atomic E-state index is 11.5. The zero-order valence-electron chi connectivity index (χ0n) is 10.2. The molecule has 0 fully saturated rings. The number of carbonyl (C=O) groups excluding carboxylic acids is 3. The Morgan fingerprint density at radius 1 is 1.31 bits per heavy atom. The van der Waals surface area contributed by atoms with E-state index in [-0.39, 0.29) is 17.2 Å². The van der Waals surface area contributed by atoms with E-state index in [2.05, 4.69) is 0 Å². The molecule has 1 heterocycles. The highest BCUT2D eigenvalue weighted by Crippen LogP contribution is 2.16. The van der Waals surface area contributed by atoms with Crippen LogP contribution in [0.15, 0.2) is 17.6 Å². The van der Waals surface area contributed by atoms with Crippen LogP contribution < -0.4 is 0 Å². The molecule has 0 unspecified atom stereocenters. The molecule has 5 heteroatoms. The normalized spacial score (nSPS) is 14.9. The number of Topliss-reactive ketones (excluding diaryl/α,β-unsaturated/α-hetero) is 1. The number of carbonyl (C=O) groups is 2.